The SMILES string of the molecule is COC(=O)C1CCN(C(=O)c2ccc(O)cc2C)C1. The maximum Gasteiger partial charge on any atom is 0.310 e. The number of phenolic OH excluding ortho intramolecular Hbond substituents is 1. The van der Waals surface area contributed by atoms with Crippen molar-refractivity contribution in [2.75, 3.05) is 20.2 Å². The molecule has 1 atom stereocenters. The van der Waals surface area contributed by atoms with Crippen molar-refractivity contribution >= 4 is 11.9 Å². The fourth-order valence-corrected chi connectivity index (χ4v) is 2.36. The van der Waals surface area contributed by atoms with Crippen molar-refractivity contribution in [3.05, 3.63) is 29.3 Å². The predicted octanol–water partition coefficient (Wildman–Crippen LogP) is 1.34. The Morgan fingerprint density at radius 1 is 1.42 bits per heavy atom. The van der Waals surface area contributed by atoms with Crippen LogP contribution >= 0.6 is 0 Å². The number of nitrogens with zero attached hydrogens (tertiary/aromatic N) is 1. The molecule has 1 aliphatic rings. The topological polar surface area (TPSA) is 66.8 Å². The van der Waals surface area contributed by atoms with E-state index in [1.165, 1.54) is 13.2 Å². The number of hydrogen-bond acceptors (Lipinski definition) is 4. The first-order valence-corrected chi connectivity index (χ1v) is 6.19. The van der Waals surface area contributed by atoms with Crippen LogP contribution in [0.5, 0.6) is 5.75 Å². The van der Waals surface area contributed by atoms with Crippen molar-refractivity contribution in [3.63, 3.8) is 0 Å². The van der Waals surface area contributed by atoms with E-state index in [4.69, 9.17) is 4.74 Å². The molecular weight excluding hydrogens is 246 g/mol. The van der Waals surface area contributed by atoms with Crippen LogP contribution in [0.4, 0.5) is 0 Å². The van der Waals surface area contributed by atoms with Crippen molar-refractivity contribution in [2.45, 2.75) is 13.3 Å². The second-order valence-corrected chi connectivity index (χ2v) is 4.76. The molecule has 1 saturated heterocycles. The summed E-state index contributed by atoms with van der Waals surface area (Å²) in [5.74, 6) is -0.462. The van der Waals surface area contributed by atoms with E-state index in [0.29, 0.717) is 25.1 Å². The third-order valence-corrected chi connectivity index (χ3v) is 3.45. The molecule has 0 spiro atoms. The van der Waals surface area contributed by atoms with Gasteiger partial charge in [-0.15, -0.1) is 0 Å². The molecule has 0 aliphatic carbocycles. The molecule has 1 aromatic carbocycles. The second-order valence-electron chi connectivity index (χ2n) is 4.76. The molecular formula is C14H17NO4. The highest BCUT2D eigenvalue weighted by atomic mass is 16.5. The molecule has 0 radical (unpaired) electrons. The lowest BCUT2D eigenvalue weighted by Crippen LogP contribution is -2.30. The van der Waals surface area contributed by atoms with Crippen LogP contribution in [0.15, 0.2) is 18.2 Å². The van der Waals surface area contributed by atoms with Gasteiger partial charge in [-0.25, -0.2) is 0 Å². The number of ether oxygens (including phenoxy) is 1. The van der Waals surface area contributed by atoms with Gasteiger partial charge in [-0.05, 0) is 37.1 Å². The molecule has 1 aromatic rings. The highest BCUT2D eigenvalue weighted by molar-refractivity contribution is 5.96. The van der Waals surface area contributed by atoms with Gasteiger partial charge in [0.05, 0.1) is 13.0 Å². The lowest BCUT2D eigenvalue weighted by molar-refractivity contribution is -0.144. The fourth-order valence-electron chi connectivity index (χ4n) is 2.36. The molecule has 1 fully saturated rings. The summed E-state index contributed by atoms with van der Waals surface area (Å²) in [5, 5.41) is 9.35. The first-order valence-electron chi connectivity index (χ1n) is 6.19. The van der Waals surface area contributed by atoms with Crippen LogP contribution in [-0.4, -0.2) is 42.1 Å². The number of carbonyl (C=O) groups excluding carboxylic acids is 2. The quantitative estimate of drug-likeness (QED) is 0.818. The summed E-state index contributed by atoms with van der Waals surface area (Å²) in [7, 11) is 1.36. The zero-order chi connectivity index (χ0) is 14.0. The Morgan fingerprint density at radius 3 is 2.79 bits per heavy atom. The molecule has 5 heteroatoms. The van der Waals surface area contributed by atoms with E-state index < -0.39 is 0 Å². The first kappa shape index (κ1) is 13.4. The Balaban J connectivity index is 2.11. The van der Waals surface area contributed by atoms with Crippen LogP contribution in [0.1, 0.15) is 22.3 Å². The van der Waals surface area contributed by atoms with Gasteiger partial charge >= 0.3 is 5.97 Å². The molecule has 1 unspecified atom stereocenters. The van der Waals surface area contributed by atoms with Gasteiger partial charge in [0.1, 0.15) is 5.75 Å². The molecule has 0 saturated carbocycles. The van der Waals surface area contributed by atoms with Crippen molar-refractivity contribution in [2.24, 2.45) is 5.92 Å². The number of aromatic hydroxyl groups is 1. The molecule has 2 rings (SSSR count). The van der Waals surface area contributed by atoms with Crippen molar-refractivity contribution in [1.29, 1.82) is 0 Å². The lowest BCUT2D eigenvalue weighted by Gasteiger charge is -2.17. The van der Waals surface area contributed by atoms with Crippen LogP contribution in [0.25, 0.3) is 0 Å². The Labute approximate surface area is 111 Å². The average molecular weight is 263 g/mol. The third kappa shape index (κ3) is 2.70. The average Bonchev–Trinajstić information content (AvgIpc) is 2.86. The van der Waals surface area contributed by atoms with Gasteiger partial charge in [-0.2, -0.15) is 0 Å². The van der Waals surface area contributed by atoms with Gasteiger partial charge in [-0.1, -0.05) is 0 Å². The maximum absolute atomic E-state index is 12.3. The number of rotatable bonds is 2. The van der Waals surface area contributed by atoms with Crippen molar-refractivity contribution in [3.8, 4) is 5.75 Å². The van der Waals surface area contributed by atoms with E-state index >= 15 is 0 Å². The summed E-state index contributed by atoms with van der Waals surface area (Å²) in [6.07, 6.45) is 0.634. The summed E-state index contributed by atoms with van der Waals surface area (Å²) in [5.41, 5.74) is 1.29. The molecule has 0 aromatic heterocycles. The highest BCUT2D eigenvalue weighted by Crippen LogP contribution is 2.22. The zero-order valence-corrected chi connectivity index (χ0v) is 11.0. The lowest BCUT2D eigenvalue weighted by atomic mass is 10.1. The summed E-state index contributed by atoms with van der Waals surface area (Å²) in [4.78, 5) is 25.4. The number of esters is 1. The Bertz CT molecular complexity index is 512. The van der Waals surface area contributed by atoms with Gasteiger partial charge in [0.15, 0.2) is 0 Å². The van der Waals surface area contributed by atoms with E-state index in [9.17, 15) is 14.7 Å². The van der Waals surface area contributed by atoms with E-state index in [1.807, 2.05) is 0 Å². The molecule has 102 valence electrons. The first-order chi connectivity index (χ1) is 9.02. The van der Waals surface area contributed by atoms with Gasteiger partial charge in [-0.3, -0.25) is 9.59 Å². The van der Waals surface area contributed by atoms with E-state index in [1.54, 1.807) is 24.0 Å². The minimum atomic E-state index is -0.266. The largest absolute Gasteiger partial charge is 0.508 e. The second kappa shape index (κ2) is 5.30. The number of phenols is 1. The number of amides is 1. The number of carbonyl (C=O) groups is 2. The molecule has 1 aliphatic heterocycles. The van der Waals surface area contributed by atoms with Crippen molar-refractivity contribution < 1.29 is 19.4 Å². The van der Waals surface area contributed by atoms with Gasteiger partial charge in [0, 0.05) is 18.7 Å². The Hall–Kier alpha value is -2.04. The monoisotopic (exact) mass is 263 g/mol. The standard InChI is InChI=1S/C14H17NO4/c1-9-7-11(16)3-4-12(9)13(17)15-6-5-10(8-15)14(18)19-2/h3-4,7,10,16H,5-6,8H2,1-2H3. The van der Waals surface area contributed by atoms with E-state index in [-0.39, 0.29) is 23.5 Å². The summed E-state index contributed by atoms with van der Waals surface area (Å²) in [6, 6.07) is 4.66. The zero-order valence-electron chi connectivity index (χ0n) is 11.0. The Morgan fingerprint density at radius 2 is 2.16 bits per heavy atom. The molecule has 1 amide bonds. The molecule has 0 bridgehead atoms. The van der Waals surface area contributed by atoms with E-state index in [2.05, 4.69) is 0 Å². The number of aryl methyl sites for hydroxylation is 1. The number of benzene rings is 1. The number of likely N-dealkylation sites (tertiary alicyclic amines) is 1. The molecule has 1 N–H and O–H groups in total. The van der Waals surface area contributed by atoms with Crippen LogP contribution in [0.3, 0.4) is 0 Å². The number of methoxy groups -OCH3 is 1. The van der Waals surface area contributed by atoms with E-state index in [0.717, 1.165) is 5.56 Å². The Kier molecular flexibility index (Phi) is 3.74. The summed E-state index contributed by atoms with van der Waals surface area (Å²) < 4.78 is 4.70. The fraction of sp³-hybridized carbons (Fsp3) is 0.429. The van der Waals surface area contributed by atoms with Gasteiger partial charge in [0.2, 0.25) is 0 Å². The van der Waals surface area contributed by atoms with Crippen LogP contribution in [-0.2, 0) is 9.53 Å². The normalized spacial score (nSPS) is 18.4. The molecule has 19 heavy (non-hydrogen) atoms. The smallest absolute Gasteiger partial charge is 0.310 e. The minimum absolute atomic E-state index is 0.107. The summed E-state index contributed by atoms with van der Waals surface area (Å²) in [6.45, 7) is 2.73. The number of hydrogen-bond donors (Lipinski definition) is 1. The van der Waals surface area contributed by atoms with Gasteiger partial charge in [0.25, 0.3) is 5.91 Å². The molecule has 1 heterocycles. The minimum Gasteiger partial charge on any atom is -0.508 e. The van der Waals surface area contributed by atoms with Crippen LogP contribution in [0.2, 0.25) is 0 Å². The van der Waals surface area contributed by atoms with Crippen molar-refractivity contribution in [1.82, 2.24) is 4.90 Å². The van der Waals surface area contributed by atoms with Crippen LogP contribution < -0.4 is 0 Å². The highest BCUT2D eigenvalue weighted by Gasteiger charge is 2.32. The molecule has 5 nitrogen and oxygen atoms in total. The predicted molar refractivity (Wildman–Crippen MR) is 68.9 cm³/mol. The van der Waals surface area contributed by atoms with Crippen LogP contribution in [0, 0.1) is 12.8 Å². The summed E-state index contributed by atoms with van der Waals surface area (Å²) >= 11 is 0. The third-order valence-electron chi connectivity index (χ3n) is 3.45. The maximum atomic E-state index is 12.3. The van der Waals surface area contributed by atoms with Gasteiger partial charge < -0.3 is 14.7 Å².